The first-order valence-corrected chi connectivity index (χ1v) is 9.50. The van der Waals surface area contributed by atoms with E-state index in [0.717, 1.165) is 32.7 Å². The van der Waals surface area contributed by atoms with Gasteiger partial charge in [0.15, 0.2) is 0 Å². The van der Waals surface area contributed by atoms with Gasteiger partial charge in [-0.1, -0.05) is 24.3 Å². The lowest BCUT2D eigenvalue weighted by atomic mass is 10.1. The normalized spacial score (nSPS) is 12.3. The highest BCUT2D eigenvalue weighted by Crippen LogP contribution is 2.28. The molecule has 2 heterocycles. The zero-order valence-electron chi connectivity index (χ0n) is 15.1. The van der Waals surface area contributed by atoms with E-state index in [2.05, 4.69) is 41.8 Å². The summed E-state index contributed by atoms with van der Waals surface area (Å²) >= 11 is 3.48. The van der Waals surface area contributed by atoms with Gasteiger partial charge in [0.05, 0.1) is 18.0 Å². The first kappa shape index (κ1) is 18.2. The number of benzene rings is 2. The first-order chi connectivity index (χ1) is 13.6. The number of carbonyl (C=O) groups excluding carboxylic acids is 1. The fourth-order valence-electron chi connectivity index (χ4n) is 3.00. The molecule has 1 amide bonds. The zero-order chi connectivity index (χ0) is 19.5. The fourth-order valence-corrected chi connectivity index (χ4v) is 3.33. The third-order valence-electron chi connectivity index (χ3n) is 4.37. The van der Waals surface area contributed by atoms with Gasteiger partial charge in [0, 0.05) is 29.7 Å². The Labute approximate surface area is 170 Å². The number of halogens is 1. The molecule has 4 rings (SSSR count). The number of nitrogens with one attached hydrogen (secondary N) is 3. The SMILES string of the molecule is COc1ccccc1CNc1nc(Nc2ccc3c(c2)NC(=O)C3)ncc1Br. The second-order valence-electron chi connectivity index (χ2n) is 6.28. The largest absolute Gasteiger partial charge is 0.496 e. The number of amides is 1. The van der Waals surface area contributed by atoms with E-state index in [1.165, 1.54) is 0 Å². The third-order valence-corrected chi connectivity index (χ3v) is 4.95. The van der Waals surface area contributed by atoms with Crippen LogP contribution in [0.5, 0.6) is 5.75 Å². The standard InChI is InChI=1S/C20H18BrN5O2/c1-28-17-5-3-2-4-13(17)10-22-19-15(21)11-23-20(26-19)24-14-7-6-12-8-18(27)25-16(12)9-14/h2-7,9,11H,8,10H2,1H3,(H,25,27)(H2,22,23,24,26). The van der Waals surface area contributed by atoms with Gasteiger partial charge in [-0.15, -0.1) is 0 Å². The molecule has 142 valence electrons. The minimum Gasteiger partial charge on any atom is -0.496 e. The van der Waals surface area contributed by atoms with E-state index in [9.17, 15) is 4.79 Å². The number of anilines is 4. The molecule has 0 atom stereocenters. The van der Waals surface area contributed by atoms with Crippen molar-refractivity contribution in [2.24, 2.45) is 0 Å². The lowest BCUT2D eigenvalue weighted by Gasteiger charge is -2.12. The predicted molar refractivity (Wildman–Crippen MR) is 112 cm³/mol. The Morgan fingerprint density at radius 2 is 2.11 bits per heavy atom. The molecule has 0 bridgehead atoms. The highest BCUT2D eigenvalue weighted by Gasteiger charge is 2.17. The Morgan fingerprint density at radius 3 is 2.96 bits per heavy atom. The molecule has 3 N–H and O–H groups in total. The molecule has 1 aliphatic heterocycles. The highest BCUT2D eigenvalue weighted by molar-refractivity contribution is 9.10. The predicted octanol–water partition coefficient (Wildman–Crippen LogP) is 4.10. The number of hydrogen-bond acceptors (Lipinski definition) is 6. The Kier molecular flexibility index (Phi) is 5.12. The van der Waals surface area contributed by atoms with Gasteiger partial charge < -0.3 is 20.7 Å². The Hall–Kier alpha value is -3.13. The molecule has 0 aliphatic carbocycles. The number of fused-ring (bicyclic) bond motifs is 1. The van der Waals surface area contributed by atoms with Crippen LogP contribution in [0, 0.1) is 0 Å². The summed E-state index contributed by atoms with van der Waals surface area (Å²) in [7, 11) is 1.65. The third kappa shape index (κ3) is 3.91. The van der Waals surface area contributed by atoms with Gasteiger partial charge in [-0.3, -0.25) is 4.79 Å². The van der Waals surface area contributed by atoms with E-state index in [4.69, 9.17) is 4.74 Å². The maximum Gasteiger partial charge on any atom is 0.229 e. The molecule has 1 aromatic heterocycles. The van der Waals surface area contributed by atoms with Crippen LogP contribution in [-0.2, 0) is 17.8 Å². The van der Waals surface area contributed by atoms with Gasteiger partial charge in [0.1, 0.15) is 11.6 Å². The molecule has 0 spiro atoms. The summed E-state index contributed by atoms with van der Waals surface area (Å²) in [5.74, 6) is 1.95. The van der Waals surface area contributed by atoms with E-state index in [1.807, 2.05) is 42.5 Å². The smallest absolute Gasteiger partial charge is 0.229 e. The van der Waals surface area contributed by atoms with Crippen molar-refractivity contribution in [2.45, 2.75) is 13.0 Å². The van der Waals surface area contributed by atoms with Crippen molar-refractivity contribution in [1.82, 2.24) is 9.97 Å². The molecular weight excluding hydrogens is 422 g/mol. The molecular formula is C20H18BrN5O2. The molecule has 8 heteroatoms. The highest BCUT2D eigenvalue weighted by atomic mass is 79.9. The Bertz CT molecular complexity index is 1040. The molecule has 3 aromatic rings. The number of rotatable bonds is 6. The monoisotopic (exact) mass is 439 g/mol. The topological polar surface area (TPSA) is 88.2 Å². The van der Waals surface area contributed by atoms with Gasteiger partial charge >= 0.3 is 0 Å². The number of hydrogen-bond donors (Lipinski definition) is 3. The second kappa shape index (κ2) is 7.85. The van der Waals surface area contributed by atoms with Gasteiger partial charge in [0.25, 0.3) is 0 Å². The van der Waals surface area contributed by atoms with E-state index < -0.39 is 0 Å². The van der Waals surface area contributed by atoms with Crippen molar-refractivity contribution in [2.75, 3.05) is 23.1 Å². The number of ether oxygens (including phenoxy) is 1. The van der Waals surface area contributed by atoms with Gasteiger partial charge in [-0.2, -0.15) is 4.98 Å². The molecule has 0 unspecified atom stereocenters. The summed E-state index contributed by atoms with van der Waals surface area (Å²) in [6.45, 7) is 0.559. The van der Waals surface area contributed by atoms with E-state index in [1.54, 1.807) is 13.3 Å². The van der Waals surface area contributed by atoms with Crippen LogP contribution in [0.3, 0.4) is 0 Å². The lowest BCUT2D eigenvalue weighted by Crippen LogP contribution is -2.06. The Morgan fingerprint density at radius 1 is 1.25 bits per heavy atom. The molecule has 2 aromatic carbocycles. The van der Waals surface area contributed by atoms with Crippen molar-refractivity contribution in [3.63, 3.8) is 0 Å². The first-order valence-electron chi connectivity index (χ1n) is 8.70. The molecule has 28 heavy (non-hydrogen) atoms. The number of para-hydroxylation sites is 1. The molecule has 0 radical (unpaired) electrons. The second-order valence-corrected chi connectivity index (χ2v) is 7.13. The zero-order valence-corrected chi connectivity index (χ0v) is 16.7. The maximum atomic E-state index is 11.5. The van der Waals surface area contributed by atoms with Crippen LogP contribution in [0.1, 0.15) is 11.1 Å². The molecule has 0 fully saturated rings. The van der Waals surface area contributed by atoms with E-state index >= 15 is 0 Å². The number of aromatic nitrogens is 2. The van der Waals surface area contributed by atoms with Crippen LogP contribution in [0.2, 0.25) is 0 Å². The quantitative estimate of drug-likeness (QED) is 0.535. The van der Waals surface area contributed by atoms with E-state index in [-0.39, 0.29) is 5.91 Å². The van der Waals surface area contributed by atoms with Crippen LogP contribution in [0.4, 0.5) is 23.1 Å². The summed E-state index contributed by atoms with van der Waals surface area (Å²) in [5.41, 5.74) is 3.64. The number of carbonyl (C=O) groups is 1. The molecule has 7 nitrogen and oxygen atoms in total. The summed E-state index contributed by atoms with van der Waals surface area (Å²) in [5, 5.41) is 9.32. The van der Waals surface area contributed by atoms with Crippen molar-refractivity contribution in [3.8, 4) is 5.75 Å². The minimum absolute atomic E-state index is 0.00914. The number of nitrogens with zero attached hydrogens (tertiary/aromatic N) is 2. The summed E-state index contributed by atoms with van der Waals surface area (Å²) in [6, 6.07) is 13.5. The lowest BCUT2D eigenvalue weighted by molar-refractivity contribution is -0.115. The summed E-state index contributed by atoms with van der Waals surface area (Å²) in [6.07, 6.45) is 2.11. The minimum atomic E-state index is 0.00914. The Balaban J connectivity index is 1.50. The summed E-state index contributed by atoms with van der Waals surface area (Å²) < 4.78 is 6.14. The van der Waals surface area contributed by atoms with Crippen LogP contribution >= 0.6 is 15.9 Å². The van der Waals surface area contributed by atoms with Crippen molar-refractivity contribution >= 4 is 45.0 Å². The van der Waals surface area contributed by atoms with Crippen molar-refractivity contribution in [3.05, 3.63) is 64.3 Å². The van der Waals surface area contributed by atoms with Crippen molar-refractivity contribution < 1.29 is 9.53 Å². The molecule has 1 aliphatic rings. The average molecular weight is 440 g/mol. The summed E-state index contributed by atoms with van der Waals surface area (Å²) in [4.78, 5) is 20.4. The fraction of sp³-hybridized carbons (Fsp3) is 0.150. The van der Waals surface area contributed by atoms with E-state index in [0.29, 0.717) is 24.7 Å². The van der Waals surface area contributed by atoms with Gasteiger partial charge in [0.2, 0.25) is 11.9 Å². The number of methoxy groups -OCH3 is 1. The van der Waals surface area contributed by atoms with Crippen LogP contribution in [0.25, 0.3) is 0 Å². The average Bonchev–Trinajstić information content (AvgIpc) is 3.08. The van der Waals surface area contributed by atoms with Crippen molar-refractivity contribution in [1.29, 1.82) is 0 Å². The maximum absolute atomic E-state index is 11.5. The van der Waals surface area contributed by atoms with Gasteiger partial charge in [-0.05, 0) is 39.7 Å². The molecule has 0 saturated carbocycles. The van der Waals surface area contributed by atoms with Crippen LogP contribution < -0.4 is 20.7 Å². The van der Waals surface area contributed by atoms with Gasteiger partial charge in [-0.25, -0.2) is 4.98 Å². The molecule has 0 saturated heterocycles. The van der Waals surface area contributed by atoms with Crippen LogP contribution in [0.15, 0.2) is 53.1 Å². The van der Waals surface area contributed by atoms with Crippen LogP contribution in [-0.4, -0.2) is 23.0 Å².